The molecule has 2 saturated carbocycles. The van der Waals surface area contributed by atoms with E-state index in [9.17, 15) is 32.4 Å². The van der Waals surface area contributed by atoms with E-state index in [0.29, 0.717) is 32.1 Å². The number of piperidine rings is 1. The van der Waals surface area contributed by atoms with E-state index in [-0.39, 0.29) is 25.3 Å². The van der Waals surface area contributed by atoms with Gasteiger partial charge in [-0.05, 0) is 44.4 Å². The van der Waals surface area contributed by atoms with Gasteiger partial charge in [0.2, 0.25) is 17.6 Å². The van der Waals surface area contributed by atoms with E-state index in [1.807, 2.05) is 6.92 Å². The molecule has 4 N–H and O–H groups in total. The number of unbranched alkanes of at least 4 members (excludes halogenated alkanes) is 1. The van der Waals surface area contributed by atoms with Crippen LogP contribution in [0.25, 0.3) is 0 Å². The molecule has 0 bridgehead atoms. The topological polar surface area (TPSA) is 171 Å². The minimum absolute atomic E-state index is 0.0681. The Morgan fingerprint density at radius 1 is 0.979 bits per heavy atom. The summed E-state index contributed by atoms with van der Waals surface area (Å²) in [5, 5.41) is 10.4. The zero-order valence-electron chi connectivity index (χ0n) is 28.1. The number of likely N-dealkylation sites (N-methyl/N-ethyl adjacent to an activating group) is 1. The number of urea groups is 1. The fourth-order valence-corrected chi connectivity index (χ4v) is 11.0. The van der Waals surface area contributed by atoms with Crippen molar-refractivity contribution in [2.24, 2.45) is 17.3 Å². The smallest absolute Gasteiger partial charge is 0.315 e. The third-order valence-electron chi connectivity index (χ3n) is 10.4. The van der Waals surface area contributed by atoms with Gasteiger partial charge in [0.1, 0.15) is 16.4 Å². The molecule has 266 valence electrons. The number of fused-ring (bicyclic) bond motifs is 1. The maximum Gasteiger partial charge on any atom is 0.315 e. The summed E-state index contributed by atoms with van der Waals surface area (Å²) in [5.74, 6) is -3.63. The van der Waals surface area contributed by atoms with Crippen molar-refractivity contribution in [2.75, 3.05) is 18.8 Å². The van der Waals surface area contributed by atoms with Crippen LogP contribution in [0, 0.1) is 17.3 Å². The summed E-state index contributed by atoms with van der Waals surface area (Å²) in [4.78, 5) is 68.6. The summed E-state index contributed by atoms with van der Waals surface area (Å²) in [6.45, 7) is 9.30. The number of rotatable bonds is 12. The lowest BCUT2D eigenvalue weighted by Gasteiger charge is -2.43. The van der Waals surface area contributed by atoms with E-state index in [2.05, 4.69) is 21.3 Å². The Morgan fingerprint density at radius 3 is 2.19 bits per heavy atom. The summed E-state index contributed by atoms with van der Waals surface area (Å²) in [5.41, 5.74) is -1.72. The first-order valence-electron chi connectivity index (χ1n) is 17.0. The molecule has 2 aliphatic carbocycles. The van der Waals surface area contributed by atoms with Crippen LogP contribution in [0.4, 0.5) is 4.79 Å². The lowest BCUT2D eigenvalue weighted by molar-refractivity contribution is -0.144. The fraction of sp³-hybridized carbons (Fsp3) is 0.844. The van der Waals surface area contributed by atoms with Crippen LogP contribution in [-0.2, 0) is 29.0 Å². The molecule has 0 unspecified atom stereocenters. The third-order valence-corrected chi connectivity index (χ3v) is 13.8. The molecule has 2 saturated heterocycles. The van der Waals surface area contributed by atoms with Crippen molar-refractivity contribution in [1.82, 2.24) is 26.2 Å². The number of carbonyl (C=O) groups excluding carboxylic acids is 5. The number of nitrogens with zero attached hydrogens (tertiary/aromatic N) is 1. The van der Waals surface area contributed by atoms with Crippen LogP contribution in [0.15, 0.2) is 0 Å². The number of hydrogen-bond donors (Lipinski definition) is 4. The molecular formula is C32H51Cl2N5O7S. The summed E-state index contributed by atoms with van der Waals surface area (Å²) >= 11 is 13.1. The average Bonchev–Trinajstić information content (AvgIpc) is 3.30. The molecule has 4 rings (SSSR count). The van der Waals surface area contributed by atoms with Crippen LogP contribution in [0.1, 0.15) is 98.8 Å². The molecule has 0 aromatic carbocycles. The van der Waals surface area contributed by atoms with Crippen molar-refractivity contribution in [3.8, 4) is 0 Å². The molecule has 0 radical (unpaired) electrons. The number of amides is 5. The van der Waals surface area contributed by atoms with Gasteiger partial charge in [-0.25, -0.2) is 13.2 Å². The average molecular weight is 721 g/mol. The number of alkyl halides is 2. The minimum Gasteiger partial charge on any atom is -0.350 e. The maximum absolute atomic E-state index is 14.3. The maximum atomic E-state index is 14.3. The lowest BCUT2D eigenvalue weighted by atomic mass is 9.78. The lowest BCUT2D eigenvalue weighted by Crippen LogP contribution is -2.65. The predicted molar refractivity (Wildman–Crippen MR) is 180 cm³/mol. The molecule has 6 atom stereocenters. The molecule has 15 heteroatoms. The van der Waals surface area contributed by atoms with Gasteiger partial charge in [-0.3, -0.25) is 19.2 Å². The molecule has 2 heterocycles. The normalized spacial score (nSPS) is 28.4. The molecular weight excluding hydrogens is 669 g/mol. The highest BCUT2D eigenvalue weighted by Crippen LogP contribution is 2.65. The largest absolute Gasteiger partial charge is 0.350 e. The number of halogens is 2. The highest BCUT2D eigenvalue weighted by Gasteiger charge is 2.74. The highest BCUT2D eigenvalue weighted by molar-refractivity contribution is 7.92. The molecule has 2 aliphatic heterocycles. The van der Waals surface area contributed by atoms with Gasteiger partial charge in [-0.2, -0.15) is 0 Å². The van der Waals surface area contributed by atoms with E-state index in [0.717, 1.165) is 25.7 Å². The molecule has 0 spiro atoms. The summed E-state index contributed by atoms with van der Waals surface area (Å²) < 4.78 is 24.8. The van der Waals surface area contributed by atoms with Crippen molar-refractivity contribution in [3.63, 3.8) is 0 Å². The van der Waals surface area contributed by atoms with Gasteiger partial charge in [-0.15, -0.1) is 23.2 Å². The first kappa shape index (κ1) is 37.7. The molecule has 4 aliphatic rings. The minimum atomic E-state index is -3.37. The number of nitrogens with one attached hydrogen (secondary N) is 4. The van der Waals surface area contributed by atoms with E-state index < -0.39 is 89.9 Å². The van der Waals surface area contributed by atoms with E-state index in [1.54, 1.807) is 27.7 Å². The molecule has 47 heavy (non-hydrogen) atoms. The van der Waals surface area contributed by atoms with Crippen LogP contribution in [0.5, 0.6) is 0 Å². The second-order valence-electron chi connectivity index (χ2n) is 14.8. The van der Waals surface area contributed by atoms with Gasteiger partial charge in [0, 0.05) is 24.9 Å². The molecule has 4 fully saturated rings. The van der Waals surface area contributed by atoms with Crippen molar-refractivity contribution in [3.05, 3.63) is 0 Å². The van der Waals surface area contributed by atoms with E-state index >= 15 is 0 Å². The van der Waals surface area contributed by atoms with Crippen molar-refractivity contribution in [1.29, 1.82) is 0 Å². The number of Topliss-reactive ketones (excluding diaryl/α,β-unsaturated/α-hetero) is 1. The van der Waals surface area contributed by atoms with Gasteiger partial charge >= 0.3 is 6.03 Å². The zero-order valence-corrected chi connectivity index (χ0v) is 30.5. The second kappa shape index (κ2) is 14.4. The monoisotopic (exact) mass is 719 g/mol. The van der Waals surface area contributed by atoms with Gasteiger partial charge in [0.15, 0.2) is 9.84 Å². The Labute approximate surface area is 288 Å². The zero-order chi connectivity index (χ0) is 34.9. The Kier molecular flexibility index (Phi) is 11.5. The van der Waals surface area contributed by atoms with Crippen LogP contribution in [0.3, 0.4) is 0 Å². The van der Waals surface area contributed by atoms with E-state index in [4.69, 9.17) is 23.2 Å². The van der Waals surface area contributed by atoms with Gasteiger partial charge in [0.05, 0.1) is 22.6 Å². The second-order valence-corrected chi connectivity index (χ2v) is 18.5. The van der Waals surface area contributed by atoms with Crippen LogP contribution >= 0.6 is 23.2 Å². The quantitative estimate of drug-likeness (QED) is 0.177. The molecule has 5 amide bonds. The molecule has 0 aromatic rings. The standard InChI is InChI=1S/C32H51Cl2N5O7S/c1-6-8-13-20(24(40)27(42)35-7-2)36-26(41)23-22-19(32(22,33)34)18-39(23)28(43)25(30(3,4)5)37-29(44)38-31(15-10-9-11-16-31)21-14-12-17-47(21,45)46/h19-23,25H,6-18H2,1-5H3,(H,35,42)(H,36,41)(H2,37,38,44)/t19-,20-,21-,22-,23-,25+/m0/s1. The Morgan fingerprint density at radius 2 is 1.64 bits per heavy atom. The van der Waals surface area contributed by atoms with Gasteiger partial charge in [0.25, 0.3) is 5.91 Å². The Bertz CT molecular complexity index is 1350. The first-order chi connectivity index (χ1) is 21.9. The third kappa shape index (κ3) is 7.87. The summed E-state index contributed by atoms with van der Waals surface area (Å²) in [7, 11) is -3.37. The highest BCUT2D eigenvalue weighted by atomic mass is 35.5. The number of carbonyl (C=O) groups is 5. The SMILES string of the molecule is CCCC[C@H](NC(=O)[C@@H]1[C@@H]2[C@H](CN1C(=O)[C@@H](NC(=O)NC1([C@@H]3CCCS3(=O)=O)CCCCC1)C(C)(C)C)C2(Cl)Cl)C(=O)C(=O)NCC. The van der Waals surface area contributed by atoms with Gasteiger partial charge in [-0.1, -0.05) is 59.8 Å². The van der Waals surface area contributed by atoms with Crippen molar-refractivity contribution >= 4 is 62.6 Å². The van der Waals surface area contributed by atoms with Crippen molar-refractivity contribution < 1.29 is 32.4 Å². The number of hydrogen-bond acceptors (Lipinski definition) is 7. The summed E-state index contributed by atoms with van der Waals surface area (Å²) in [6.07, 6.45) is 6.22. The predicted octanol–water partition coefficient (Wildman–Crippen LogP) is 2.99. The molecule has 12 nitrogen and oxygen atoms in total. The van der Waals surface area contributed by atoms with E-state index in [1.165, 1.54) is 4.90 Å². The summed E-state index contributed by atoms with van der Waals surface area (Å²) in [6, 6.07) is -3.95. The van der Waals surface area contributed by atoms with Crippen LogP contribution in [-0.4, -0.2) is 94.9 Å². The fourth-order valence-electron chi connectivity index (χ4n) is 7.80. The van der Waals surface area contributed by atoms with Crippen LogP contribution < -0.4 is 21.3 Å². The first-order valence-corrected chi connectivity index (χ1v) is 19.5. The number of sulfone groups is 1. The van der Waals surface area contributed by atoms with Gasteiger partial charge < -0.3 is 26.2 Å². The number of ketones is 1. The number of likely N-dealkylation sites (tertiary alicyclic amines) is 1. The van der Waals surface area contributed by atoms with Crippen molar-refractivity contribution in [2.45, 2.75) is 132 Å². The molecule has 0 aromatic heterocycles. The Balaban J connectivity index is 1.56. The van der Waals surface area contributed by atoms with Crippen LogP contribution in [0.2, 0.25) is 0 Å². The Hall–Kier alpha value is -2.12.